The van der Waals surface area contributed by atoms with E-state index in [9.17, 15) is 0 Å². The molecule has 4 heterocycles. The summed E-state index contributed by atoms with van der Waals surface area (Å²) in [5.74, 6) is 2.23. The zero-order chi connectivity index (χ0) is 19.6. The van der Waals surface area contributed by atoms with Gasteiger partial charge in [0.2, 0.25) is 5.88 Å². The van der Waals surface area contributed by atoms with Gasteiger partial charge in [0, 0.05) is 38.2 Å². The Hall–Kier alpha value is -2.48. The van der Waals surface area contributed by atoms with Crippen molar-refractivity contribution in [3.63, 3.8) is 0 Å². The van der Waals surface area contributed by atoms with Crippen LogP contribution in [0.5, 0.6) is 5.88 Å². The van der Waals surface area contributed by atoms with Crippen LogP contribution < -0.4 is 10.1 Å². The maximum atomic E-state index is 5.56. The van der Waals surface area contributed by atoms with E-state index in [-0.39, 0.29) is 6.04 Å². The van der Waals surface area contributed by atoms with Gasteiger partial charge in [-0.05, 0) is 24.5 Å². The largest absolute Gasteiger partial charge is 0.480 e. The van der Waals surface area contributed by atoms with Crippen molar-refractivity contribution in [3.8, 4) is 17.1 Å². The van der Waals surface area contributed by atoms with Crippen LogP contribution in [-0.4, -0.2) is 66.4 Å². The van der Waals surface area contributed by atoms with Gasteiger partial charge in [-0.3, -0.25) is 4.90 Å². The van der Waals surface area contributed by atoms with Crippen molar-refractivity contribution in [2.45, 2.75) is 12.5 Å². The quantitative estimate of drug-likeness (QED) is 0.694. The molecule has 0 saturated carbocycles. The third-order valence-corrected chi connectivity index (χ3v) is 5.90. The Balaban J connectivity index is 1.37. The Bertz CT molecular complexity index is 982. The fourth-order valence-corrected chi connectivity index (χ4v) is 4.35. The van der Waals surface area contributed by atoms with Crippen molar-refractivity contribution in [2.24, 2.45) is 5.92 Å². The first kappa shape index (κ1) is 18.5. The highest BCUT2D eigenvalue weighted by Crippen LogP contribution is 2.31. The molecule has 2 N–H and O–H groups in total. The van der Waals surface area contributed by atoms with Gasteiger partial charge in [0.1, 0.15) is 5.82 Å². The van der Waals surface area contributed by atoms with Crippen LogP contribution >= 0.6 is 0 Å². The van der Waals surface area contributed by atoms with Crippen LogP contribution in [0.4, 0.5) is 0 Å². The number of fused-ring (bicyclic) bond motifs is 1. The van der Waals surface area contributed by atoms with Gasteiger partial charge in [0.05, 0.1) is 42.7 Å². The van der Waals surface area contributed by atoms with Crippen molar-refractivity contribution >= 4 is 10.9 Å². The molecule has 1 aromatic carbocycles. The molecule has 2 aromatic heterocycles. The SMILES string of the molecule is COc1nc2ccccc2cc1-c1cnc(C2CN(CC3CCOC3)CCN2)[nH]1. The number of pyridine rings is 1. The lowest BCUT2D eigenvalue weighted by atomic mass is 10.1. The Labute approximate surface area is 170 Å². The lowest BCUT2D eigenvalue weighted by Gasteiger charge is -2.34. The highest BCUT2D eigenvalue weighted by atomic mass is 16.5. The van der Waals surface area contributed by atoms with Crippen molar-refractivity contribution in [1.82, 2.24) is 25.2 Å². The van der Waals surface area contributed by atoms with Gasteiger partial charge in [0.15, 0.2) is 0 Å². The van der Waals surface area contributed by atoms with E-state index in [1.165, 1.54) is 6.42 Å². The molecule has 2 aliphatic rings. The van der Waals surface area contributed by atoms with Gasteiger partial charge >= 0.3 is 0 Å². The fourth-order valence-electron chi connectivity index (χ4n) is 4.35. The first-order chi connectivity index (χ1) is 14.3. The number of piperazine rings is 1. The van der Waals surface area contributed by atoms with Crippen LogP contribution in [0.3, 0.4) is 0 Å². The topological polar surface area (TPSA) is 75.3 Å². The van der Waals surface area contributed by atoms with Crippen LogP contribution in [-0.2, 0) is 4.74 Å². The second kappa shape index (κ2) is 8.10. The van der Waals surface area contributed by atoms with E-state index in [0.717, 1.165) is 67.4 Å². The van der Waals surface area contributed by atoms with Gasteiger partial charge in [-0.2, -0.15) is 0 Å². The number of nitrogens with zero attached hydrogens (tertiary/aromatic N) is 3. The standard InChI is InChI=1S/C22H27N5O2/c1-28-22-17(10-16-4-2-3-5-18(16)26-22)19-11-24-21(25-19)20-13-27(8-7-23-20)12-15-6-9-29-14-15/h2-5,10-11,15,20,23H,6-9,12-14H2,1H3,(H,24,25). The van der Waals surface area contributed by atoms with Crippen LogP contribution in [0.25, 0.3) is 22.2 Å². The molecule has 7 heteroatoms. The lowest BCUT2D eigenvalue weighted by molar-refractivity contribution is 0.146. The molecule has 2 saturated heterocycles. The van der Waals surface area contributed by atoms with Crippen LogP contribution in [0, 0.1) is 5.92 Å². The Morgan fingerprint density at radius 3 is 3.10 bits per heavy atom. The zero-order valence-electron chi connectivity index (χ0n) is 16.7. The molecule has 0 radical (unpaired) electrons. The third kappa shape index (κ3) is 3.85. The van der Waals surface area contributed by atoms with E-state index in [0.29, 0.717) is 11.8 Å². The predicted octanol–water partition coefficient (Wildman–Crippen LogP) is 2.62. The zero-order valence-corrected chi connectivity index (χ0v) is 16.7. The number of aromatic nitrogens is 3. The number of methoxy groups -OCH3 is 1. The molecule has 0 bridgehead atoms. The summed E-state index contributed by atoms with van der Waals surface area (Å²) in [4.78, 5) is 15.4. The van der Waals surface area contributed by atoms with Crippen LogP contribution in [0.15, 0.2) is 36.5 Å². The third-order valence-electron chi connectivity index (χ3n) is 5.90. The molecule has 2 aliphatic heterocycles. The molecule has 3 aromatic rings. The minimum Gasteiger partial charge on any atom is -0.480 e. The van der Waals surface area contributed by atoms with Crippen LogP contribution in [0.2, 0.25) is 0 Å². The van der Waals surface area contributed by atoms with E-state index in [2.05, 4.69) is 37.3 Å². The number of para-hydroxylation sites is 1. The average molecular weight is 393 g/mol. The predicted molar refractivity (Wildman–Crippen MR) is 112 cm³/mol. The second-order valence-corrected chi connectivity index (χ2v) is 7.92. The molecule has 152 valence electrons. The minimum absolute atomic E-state index is 0.194. The summed E-state index contributed by atoms with van der Waals surface area (Å²) in [6, 6.07) is 10.4. The van der Waals surface area contributed by atoms with E-state index in [1.54, 1.807) is 7.11 Å². The average Bonchev–Trinajstić information content (AvgIpc) is 3.45. The first-order valence-corrected chi connectivity index (χ1v) is 10.3. The van der Waals surface area contributed by atoms with Crippen molar-refractivity contribution < 1.29 is 9.47 Å². The number of aromatic amines is 1. The number of H-pyrrole nitrogens is 1. The van der Waals surface area contributed by atoms with Gasteiger partial charge in [0.25, 0.3) is 0 Å². The molecule has 7 nitrogen and oxygen atoms in total. The molecule has 29 heavy (non-hydrogen) atoms. The summed E-state index contributed by atoms with van der Waals surface area (Å²) in [5, 5.41) is 4.68. The first-order valence-electron chi connectivity index (χ1n) is 10.3. The van der Waals surface area contributed by atoms with Crippen molar-refractivity contribution in [2.75, 3.05) is 46.5 Å². The van der Waals surface area contributed by atoms with Gasteiger partial charge in [-0.25, -0.2) is 9.97 Å². The lowest BCUT2D eigenvalue weighted by Crippen LogP contribution is -2.47. The number of hydrogen-bond donors (Lipinski definition) is 2. The van der Waals surface area contributed by atoms with Gasteiger partial charge in [-0.15, -0.1) is 0 Å². The summed E-state index contributed by atoms with van der Waals surface area (Å²) in [7, 11) is 1.66. The van der Waals surface area contributed by atoms with Crippen LogP contribution in [0.1, 0.15) is 18.3 Å². The molecule has 2 fully saturated rings. The number of hydrogen-bond acceptors (Lipinski definition) is 6. The van der Waals surface area contributed by atoms with E-state index in [1.807, 2.05) is 24.4 Å². The number of imidazole rings is 1. The monoisotopic (exact) mass is 393 g/mol. The maximum absolute atomic E-state index is 5.56. The Morgan fingerprint density at radius 2 is 2.24 bits per heavy atom. The number of nitrogens with one attached hydrogen (secondary N) is 2. The van der Waals surface area contributed by atoms with Gasteiger partial charge in [-0.1, -0.05) is 18.2 Å². The number of ether oxygens (including phenoxy) is 2. The second-order valence-electron chi connectivity index (χ2n) is 7.92. The smallest absolute Gasteiger partial charge is 0.223 e. The molecule has 2 atom stereocenters. The highest BCUT2D eigenvalue weighted by Gasteiger charge is 2.26. The maximum Gasteiger partial charge on any atom is 0.223 e. The molecular weight excluding hydrogens is 366 g/mol. The molecule has 5 rings (SSSR count). The molecule has 0 aliphatic carbocycles. The number of benzene rings is 1. The fraction of sp³-hybridized carbons (Fsp3) is 0.455. The van der Waals surface area contributed by atoms with Crippen molar-refractivity contribution in [1.29, 1.82) is 0 Å². The summed E-state index contributed by atoms with van der Waals surface area (Å²) in [5.41, 5.74) is 2.78. The Kier molecular flexibility index (Phi) is 5.18. The minimum atomic E-state index is 0.194. The van der Waals surface area contributed by atoms with Gasteiger partial charge < -0.3 is 19.8 Å². The molecule has 2 unspecified atom stereocenters. The van der Waals surface area contributed by atoms with E-state index in [4.69, 9.17) is 9.47 Å². The molecule has 0 spiro atoms. The summed E-state index contributed by atoms with van der Waals surface area (Å²) < 4.78 is 11.1. The van der Waals surface area contributed by atoms with Crippen molar-refractivity contribution in [3.05, 3.63) is 42.4 Å². The highest BCUT2D eigenvalue weighted by molar-refractivity contribution is 5.85. The molecular formula is C22H27N5O2. The Morgan fingerprint density at radius 1 is 1.31 bits per heavy atom. The van der Waals surface area contributed by atoms with E-state index >= 15 is 0 Å². The van der Waals surface area contributed by atoms with E-state index < -0.39 is 0 Å². The normalized spacial score (nSPS) is 22.9. The number of rotatable bonds is 5. The summed E-state index contributed by atoms with van der Waals surface area (Å²) in [6.45, 7) is 5.90. The molecule has 0 amide bonds. The summed E-state index contributed by atoms with van der Waals surface area (Å²) >= 11 is 0. The summed E-state index contributed by atoms with van der Waals surface area (Å²) in [6.07, 6.45) is 3.06.